The van der Waals surface area contributed by atoms with Crippen LogP contribution in [0.15, 0.2) is 0 Å². The molecule has 0 aromatic rings. The fourth-order valence-corrected chi connectivity index (χ4v) is 16.8. The van der Waals surface area contributed by atoms with Crippen LogP contribution in [0.5, 0.6) is 0 Å². The van der Waals surface area contributed by atoms with Gasteiger partial charge in [-0.05, 0) is 0 Å². The van der Waals surface area contributed by atoms with E-state index in [2.05, 4.69) is 16.0 Å². The lowest BCUT2D eigenvalue weighted by molar-refractivity contribution is -0.395. The Morgan fingerprint density at radius 2 is 0.389 bits per heavy atom. The molecule has 0 saturated carbocycles. The molecule has 131 heavy (non-hydrogen) atoms. The third-order valence-corrected chi connectivity index (χ3v) is 24.1. The van der Waals surface area contributed by atoms with E-state index in [0.717, 1.165) is 20.8 Å². The Morgan fingerprint density at radius 3 is 0.611 bits per heavy atom. The van der Waals surface area contributed by atoms with E-state index in [-0.39, 0.29) is 0 Å². The Hall–Kier alpha value is -3.71. The summed E-state index contributed by atoms with van der Waals surface area (Å²) in [6.07, 6.45) is -110. The predicted molar refractivity (Wildman–Crippen MR) is 397 cm³/mol. The zero-order valence-corrected chi connectivity index (χ0v) is 69.6. The second-order valence-electron chi connectivity index (χ2n) is 33.1. The zero-order valence-electron chi connectivity index (χ0n) is 69.6. The molecule has 0 aromatic carbocycles. The second-order valence-corrected chi connectivity index (χ2v) is 33.1. The van der Waals surface area contributed by atoms with Crippen LogP contribution in [0.4, 0.5) is 0 Å². The maximum Gasteiger partial charge on any atom is 0.217 e. The maximum atomic E-state index is 13.3. The summed E-state index contributed by atoms with van der Waals surface area (Å²) in [5, 5.41) is 361. The molecule has 59 nitrogen and oxygen atoms in total. The van der Waals surface area contributed by atoms with Crippen molar-refractivity contribution in [3.63, 3.8) is 0 Å². The maximum absolute atomic E-state index is 13.3. The van der Waals surface area contributed by atoms with Crippen LogP contribution in [0.1, 0.15) is 20.8 Å². The lowest BCUT2D eigenvalue weighted by Crippen LogP contribution is -2.69. The summed E-state index contributed by atoms with van der Waals surface area (Å²) in [5.74, 6) is -2.84. The molecule has 11 aliphatic rings. The minimum absolute atomic E-state index is 0.891. The van der Waals surface area contributed by atoms with E-state index < -0.39 is 428 Å². The molecule has 760 valence electrons. The summed E-state index contributed by atoms with van der Waals surface area (Å²) >= 11 is 0. The van der Waals surface area contributed by atoms with Gasteiger partial charge in [0.15, 0.2) is 69.2 Å². The normalized spacial score (nSPS) is 50.7. The van der Waals surface area contributed by atoms with Crippen LogP contribution in [0.2, 0.25) is 0 Å². The second kappa shape index (κ2) is 47.0. The van der Waals surface area contributed by atoms with Gasteiger partial charge in [-0.3, -0.25) is 14.4 Å². The van der Waals surface area contributed by atoms with Gasteiger partial charge in [0.25, 0.3) is 0 Å². The van der Waals surface area contributed by atoms with Crippen LogP contribution in [0.3, 0.4) is 0 Å². The molecule has 11 fully saturated rings. The highest BCUT2D eigenvalue weighted by atomic mass is 16.8. The summed E-state index contributed by atoms with van der Waals surface area (Å²) < 4.78 is 123. The molecule has 11 saturated heterocycles. The number of rotatable bonds is 34. The van der Waals surface area contributed by atoms with Crippen LogP contribution >= 0.6 is 0 Å². The van der Waals surface area contributed by atoms with Crippen LogP contribution in [-0.2, 0) is 114 Å². The lowest BCUT2D eigenvalue weighted by atomic mass is 9.94. The molecular weight excluding hydrogens is 1800 g/mol. The molecule has 59 heteroatoms. The standard InChI is InChI=1S/C72H121N3O56/c1-15(84)73-29-39(94)55(125-66-48(103)42(97)32(87)18(4-76)115-66)23(9-81)119-63(29)111-12-26-36(91)59(129-68-50(105)44(99)34(89)20(6-78)117-68)52(107)70(122-26)127-57-25(11-83)121-65(31(41(57)96)75-17(3)86)112-13-27-38(93)61(53(108)71(123-27)128-58-22(8-80)114-62(110)47(102)46(58)101)131-72-54(109)60(130-69-51(106)45(100)35(90)21(7-79)118-69)37(92)28(124-72)14-113-64-30(74-16(2)85)40(95)56(24(10-82)120-64)126-67-49(104)43(98)33(88)19(5-77)116-67/h18-72,76-83,87-110H,4-14H2,1-3H3,(H,73,84)(H,74,85)(H,75,86)/t18-,19-,20-,21-,22-,23-,24-,25-,26-,27-,28-,29-,30-,31-,32+,33+,34+,35+,36+,37+,38+,39-,40-,41-,42+,43+,44+,45+,46-,47-,48-,49-,50-,51-,52-,53-,54-,55-,56-,57-,58-,59+,60+,61+,62?,63-,64-,65-,66+,67+,68+,69+,70+,71+,72+/m1/s1. The fourth-order valence-electron chi connectivity index (χ4n) is 16.8. The highest BCUT2D eigenvalue weighted by Crippen LogP contribution is 2.41. The monoisotopic (exact) mass is 1920 g/mol. The van der Waals surface area contributed by atoms with Gasteiger partial charge >= 0.3 is 0 Å². The van der Waals surface area contributed by atoms with Crippen molar-refractivity contribution in [2.75, 3.05) is 72.7 Å². The largest absolute Gasteiger partial charge is 0.394 e. The van der Waals surface area contributed by atoms with Crippen molar-refractivity contribution in [2.45, 2.75) is 358 Å². The minimum Gasteiger partial charge on any atom is -0.394 e. The first-order valence-electron chi connectivity index (χ1n) is 41.7. The Balaban J connectivity index is 0.867. The van der Waals surface area contributed by atoms with Gasteiger partial charge < -0.3 is 279 Å². The third kappa shape index (κ3) is 23.6. The van der Waals surface area contributed by atoms with Crippen LogP contribution in [-0.4, -0.2) is 591 Å². The van der Waals surface area contributed by atoms with E-state index in [1.54, 1.807) is 0 Å². The van der Waals surface area contributed by atoms with E-state index in [4.69, 9.17) is 99.5 Å². The van der Waals surface area contributed by atoms with E-state index in [1.807, 2.05) is 0 Å². The van der Waals surface area contributed by atoms with Crippen molar-refractivity contribution < 1.29 is 277 Å². The van der Waals surface area contributed by atoms with E-state index in [9.17, 15) is 178 Å². The summed E-state index contributed by atoms with van der Waals surface area (Å²) in [7, 11) is 0. The van der Waals surface area contributed by atoms with Crippen molar-refractivity contribution >= 4 is 17.7 Å². The average molecular weight is 1920 g/mol. The highest BCUT2D eigenvalue weighted by Gasteiger charge is 2.62. The van der Waals surface area contributed by atoms with Crippen LogP contribution in [0, 0.1) is 0 Å². The smallest absolute Gasteiger partial charge is 0.217 e. The van der Waals surface area contributed by atoms with Gasteiger partial charge in [0.05, 0.1) is 72.7 Å². The van der Waals surface area contributed by atoms with Gasteiger partial charge in [0, 0.05) is 20.8 Å². The number of aliphatic hydroxyl groups excluding tert-OH is 32. The van der Waals surface area contributed by atoms with Gasteiger partial charge in [-0.25, -0.2) is 0 Å². The SMILES string of the molecule is CC(=O)N[C@H]1[C@H](OC[C@H]2O[C@@H](O[C@H]3[C@@H](O)[C@@H](CO[C@@H]4O[C@H](CO)[C@@H](O[C@@H]5O[C@H](CO[C@@H]6O[C@H](CO)[C@@H](O[C@@H]7O[C@H](CO)[C@H](O)[C@H](O)[C@H]7O)[C@H](O)[C@H]6NC(C)=O)[C@H](O)[C@H](O[C@@H]6O[C@H](CO)[C@H](O)[C@H](O)[C@H]6O)[C@H]5O)[C@H](O)[C@H]4NC(C)=O)O[C@@H](O[C@H]4[C@H](O)[C@@H](O)C(O)O[C@@H]4CO)[C@@H]3O)[C@H](O)[C@@H](O[C@@H]3O[C@H](CO)[C@H](O)[C@H](O)[C@H]3O)[C@H]2O)O[C@H](CO)[C@@H](O[C@@H]2O[C@H](CO)[C@H](O)[C@H](O)[C@H]2O)[C@@H]1O. The number of nitrogens with one attached hydrogen (secondary N) is 3. The first-order chi connectivity index (χ1) is 62.0. The number of hydrogen-bond acceptors (Lipinski definition) is 56. The molecule has 1 unspecified atom stereocenters. The van der Waals surface area contributed by atoms with Crippen LogP contribution < -0.4 is 16.0 Å². The lowest BCUT2D eigenvalue weighted by Gasteiger charge is -2.50. The van der Waals surface area contributed by atoms with Crippen molar-refractivity contribution in [1.82, 2.24) is 16.0 Å². The number of carbonyl (C=O) groups is 3. The first kappa shape index (κ1) is 108. The number of carbonyl (C=O) groups excluding carboxylic acids is 3. The quantitative estimate of drug-likeness (QED) is 0.0284. The predicted octanol–water partition coefficient (Wildman–Crippen LogP) is -24.5. The van der Waals surface area contributed by atoms with Crippen molar-refractivity contribution in [2.24, 2.45) is 0 Å². The molecule has 11 aliphatic heterocycles. The molecule has 35 N–H and O–H groups in total. The van der Waals surface area contributed by atoms with Gasteiger partial charge in [-0.15, -0.1) is 0 Å². The molecular formula is C72H121N3O56. The summed E-state index contributed by atoms with van der Waals surface area (Å²) in [4.78, 5) is 38.9. The number of aliphatic hydroxyl groups is 32. The average Bonchev–Trinajstić information content (AvgIpc) is 0.785. The highest BCUT2D eigenvalue weighted by molar-refractivity contribution is 5.74. The van der Waals surface area contributed by atoms with Crippen molar-refractivity contribution in [3.05, 3.63) is 0 Å². The Labute approximate surface area is 740 Å². The number of hydrogen-bond donors (Lipinski definition) is 35. The molecule has 0 aromatic heterocycles. The molecule has 11 heterocycles. The summed E-state index contributed by atoms with van der Waals surface area (Å²) in [5.41, 5.74) is 0. The van der Waals surface area contributed by atoms with E-state index >= 15 is 0 Å². The Bertz CT molecular complexity index is 3510. The Morgan fingerprint density at radius 1 is 0.198 bits per heavy atom. The minimum atomic E-state index is -2.57. The number of ether oxygens (including phenoxy) is 21. The molecule has 0 aliphatic carbocycles. The fraction of sp³-hybridized carbons (Fsp3) is 0.958. The van der Waals surface area contributed by atoms with Gasteiger partial charge in [0.2, 0.25) is 17.7 Å². The molecule has 3 amide bonds. The summed E-state index contributed by atoms with van der Waals surface area (Å²) in [6.45, 7) is -9.22. The van der Waals surface area contributed by atoms with E-state index in [1.165, 1.54) is 0 Å². The van der Waals surface area contributed by atoms with Gasteiger partial charge in [-0.1, -0.05) is 0 Å². The molecule has 55 atom stereocenters. The summed E-state index contributed by atoms with van der Waals surface area (Å²) in [6, 6.07) is -5.68. The molecule has 0 bridgehead atoms. The van der Waals surface area contributed by atoms with E-state index in [0.29, 0.717) is 0 Å². The number of amides is 3. The van der Waals surface area contributed by atoms with Gasteiger partial charge in [0.1, 0.15) is 268 Å². The van der Waals surface area contributed by atoms with Crippen molar-refractivity contribution in [1.29, 1.82) is 0 Å². The molecule has 0 radical (unpaired) electrons. The Kier molecular flexibility index (Phi) is 38.7. The topological polar surface area (TPSA) is 928 Å². The first-order valence-corrected chi connectivity index (χ1v) is 41.7. The molecule has 0 spiro atoms. The van der Waals surface area contributed by atoms with Crippen LogP contribution in [0.25, 0.3) is 0 Å². The van der Waals surface area contributed by atoms with Crippen molar-refractivity contribution in [3.8, 4) is 0 Å². The third-order valence-electron chi connectivity index (χ3n) is 24.1. The van der Waals surface area contributed by atoms with Gasteiger partial charge in [-0.2, -0.15) is 0 Å². The zero-order chi connectivity index (χ0) is 96.2. The molecule has 11 rings (SSSR count).